The lowest BCUT2D eigenvalue weighted by Gasteiger charge is -2.07. The summed E-state index contributed by atoms with van der Waals surface area (Å²) in [6.45, 7) is 2.01. The predicted octanol–water partition coefficient (Wildman–Crippen LogP) is 5.41. The van der Waals surface area contributed by atoms with Crippen molar-refractivity contribution in [3.8, 4) is 5.69 Å². The number of fused-ring (bicyclic) bond motifs is 3. The second-order valence-electron chi connectivity index (χ2n) is 7.30. The van der Waals surface area contributed by atoms with Crippen LogP contribution in [0.5, 0.6) is 0 Å². The summed E-state index contributed by atoms with van der Waals surface area (Å²) < 4.78 is 1.71. The molecule has 0 unspecified atom stereocenters. The molecule has 0 fully saturated rings. The third-order valence-electron chi connectivity index (χ3n) is 5.20. The normalized spacial score (nSPS) is 10.9. The third-order valence-corrected chi connectivity index (χ3v) is 5.20. The van der Waals surface area contributed by atoms with E-state index in [4.69, 9.17) is 0 Å². The molecule has 31 heavy (non-hydrogen) atoms. The zero-order valence-corrected chi connectivity index (χ0v) is 17.0. The number of benzene rings is 3. The van der Waals surface area contributed by atoms with Gasteiger partial charge in [-0.1, -0.05) is 42.5 Å². The van der Waals surface area contributed by atoms with Crippen LogP contribution in [0.4, 0.5) is 0 Å². The number of nitrogens with one attached hydrogen (secondary N) is 1. The van der Waals surface area contributed by atoms with Crippen molar-refractivity contribution in [2.75, 3.05) is 0 Å². The van der Waals surface area contributed by atoms with E-state index in [0.717, 1.165) is 27.9 Å². The molecule has 1 N–H and O–H groups in total. The SMILES string of the molecule is Cc1ccc2ccccc2n1.O=c1c2ccccc2[nH]c2cccc(-n3cccn3)c12. The Kier molecular flexibility index (Phi) is 4.77. The Hall–Kier alpha value is -4.25. The number of pyridine rings is 2. The van der Waals surface area contributed by atoms with Crippen LogP contribution in [0.1, 0.15) is 5.69 Å². The van der Waals surface area contributed by atoms with Gasteiger partial charge in [-0.05, 0) is 49.4 Å². The zero-order chi connectivity index (χ0) is 21.2. The molecule has 3 aromatic heterocycles. The van der Waals surface area contributed by atoms with Crippen LogP contribution in [0.2, 0.25) is 0 Å². The maximum Gasteiger partial charge on any atom is 0.199 e. The summed E-state index contributed by atoms with van der Waals surface area (Å²) in [6.07, 6.45) is 3.54. The van der Waals surface area contributed by atoms with Crippen LogP contribution in [-0.4, -0.2) is 19.7 Å². The van der Waals surface area contributed by atoms with Gasteiger partial charge in [-0.2, -0.15) is 5.10 Å². The van der Waals surface area contributed by atoms with Crippen LogP contribution in [0, 0.1) is 6.92 Å². The van der Waals surface area contributed by atoms with Crippen molar-refractivity contribution >= 4 is 32.7 Å². The van der Waals surface area contributed by atoms with Crippen molar-refractivity contribution in [2.24, 2.45) is 0 Å². The van der Waals surface area contributed by atoms with E-state index >= 15 is 0 Å². The van der Waals surface area contributed by atoms with Gasteiger partial charge in [0, 0.05) is 34.4 Å². The molecule has 0 atom stereocenters. The average Bonchev–Trinajstić information content (AvgIpc) is 3.34. The maximum absolute atomic E-state index is 12.7. The minimum absolute atomic E-state index is 0.0282. The highest BCUT2D eigenvalue weighted by molar-refractivity contribution is 5.96. The number of H-pyrrole nitrogens is 1. The van der Waals surface area contributed by atoms with Crippen molar-refractivity contribution in [1.82, 2.24) is 19.7 Å². The number of aromatic nitrogens is 4. The lowest BCUT2D eigenvalue weighted by Crippen LogP contribution is -2.08. The summed E-state index contributed by atoms with van der Waals surface area (Å²) in [7, 11) is 0. The van der Waals surface area contributed by atoms with Crippen molar-refractivity contribution in [1.29, 1.82) is 0 Å². The van der Waals surface area contributed by atoms with Crippen LogP contribution in [-0.2, 0) is 0 Å². The van der Waals surface area contributed by atoms with Gasteiger partial charge in [0.2, 0.25) is 0 Å². The molecule has 0 radical (unpaired) electrons. The molecule has 0 spiro atoms. The van der Waals surface area contributed by atoms with Gasteiger partial charge in [0.25, 0.3) is 0 Å². The average molecular weight is 404 g/mol. The van der Waals surface area contributed by atoms with Crippen LogP contribution < -0.4 is 5.43 Å². The Morgan fingerprint density at radius 2 is 1.61 bits per heavy atom. The summed E-state index contributed by atoms with van der Waals surface area (Å²) in [5, 5.41) is 6.78. The monoisotopic (exact) mass is 404 g/mol. The van der Waals surface area contributed by atoms with Gasteiger partial charge in [0.15, 0.2) is 5.43 Å². The maximum atomic E-state index is 12.7. The first-order valence-electron chi connectivity index (χ1n) is 10.1. The molecule has 6 aromatic rings. The molecule has 0 saturated carbocycles. The molecule has 0 aliphatic carbocycles. The number of rotatable bonds is 1. The molecule has 0 bridgehead atoms. The summed E-state index contributed by atoms with van der Waals surface area (Å²) in [5.74, 6) is 0. The second kappa shape index (κ2) is 7.88. The van der Waals surface area contributed by atoms with Gasteiger partial charge in [0.1, 0.15) is 0 Å². The van der Waals surface area contributed by atoms with E-state index in [1.165, 1.54) is 5.39 Å². The second-order valence-corrected chi connectivity index (χ2v) is 7.30. The van der Waals surface area contributed by atoms with Gasteiger partial charge in [-0.25, -0.2) is 4.68 Å². The van der Waals surface area contributed by atoms with E-state index in [1.807, 2.05) is 85.9 Å². The van der Waals surface area contributed by atoms with Crippen molar-refractivity contribution in [2.45, 2.75) is 6.92 Å². The topological polar surface area (TPSA) is 63.6 Å². The Morgan fingerprint density at radius 1 is 0.806 bits per heavy atom. The molecule has 5 nitrogen and oxygen atoms in total. The van der Waals surface area contributed by atoms with E-state index in [2.05, 4.69) is 27.2 Å². The first-order chi connectivity index (χ1) is 15.2. The van der Waals surface area contributed by atoms with E-state index in [0.29, 0.717) is 10.8 Å². The molecule has 5 heteroatoms. The number of hydrogen-bond donors (Lipinski definition) is 1. The molecule has 0 amide bonds. The number of aryl methyl sites for hydroxylation is 1. The summed E-state index contributed by atoms with van der Waals surface area (Å²) in [5.41, 5.74) is 4.64. The number of hydrogen-bond acceptors (Lipinski definition) is 3. The van der Waals surface area contributed by atoms with Gasteiger partial charge >= 0.3 is 0 Å². The van der Waals surface area contributed by atoms with Crippen molar-refractivity contribution in [3.05, 3.63) is 113 Å². The Morgan fingerprint density at radius 3 is 2.48 bits per heavy atom. The van der Waals surface area contributed by atoms with Crippen molar-refractivity contribution < 1.29 is 0 Å². The van der Waals surface area contributed by atoms with Gasteiger partial charge in [0.05, 0.1) is 22.1 Å². The zero-order valence-electron chi connectivity index (χ0n) is 17.0. The van der Waals surface area contributed by atoms with E-state index < -0.39 is 0 Å². The van der Waals surface area contributed by atoms with Gasteiger partial charge in [-0.3, -0.25) is 9.78 Å². The minimum Gasteiger partial charge on any atom is -0.354 e. The predicted molar refractivity (Wildman–Crippen MR) is 126 cm³/mol. The molecular weight excluding hydrogens is 384 g/mol. The quantitative estimate of drug-likeness (QED) is 0.373. The van der Waals surface area contributed by atoms with Crippen molar-refractivity contribution in [3.63, 3.8) is 0 Å². The highest BCUT2D eigenvalue weighted by Crippen LogP contribution is 2.20. The highest BCUT2D eigenvalue weighted by Gasteiger charge is 2.10. The lowest BCUT2D eigenvalue weighted by atomic mass is 10.1. The van der Waals surface area contributed by atoms with Crippen LogP contribution in [0.3, 0.4) is 0 Å². The van der Waals surface area contributed by atoms with E-state index in [-0.39, 0.29) is 5.43 Å². The third kappa shape index (κ3) is 3.57. The fraction of sp³-hybridized carbons (Fsp3) is 0.0385. The number of nitrogens with zero attached hydrogens (tertiary/aromatic N) is 3. The lowest BCUT2D eigenvalue weighted by molar-refractivity contribution is 0.887. The fourth-order valence-corrected chi connectivity index (χ4v) is 3.72. The first-order valence-corrected chi connectivity index (χ1v) is 10.1. The fourth-order valence-electron chi connectivity index (χ4n) is 3.72. The molecule has 150 valence electrons. The van der Waals surface area contributed by atoms with Crippen LogP contribution in [0.15, 0.2) is 102 Å². The number of aromatic amines is 1. The largest absolute Gasteiger partial charge is 0.354 e. The standard InChI is InChI=1S/C16H11N3O.C10H9N/c20-16-11-5-1-2-6-12(11)18-13-7-3-8-14(15(13)16)19-10-4-9-17-19;1-8-6-7-9-4-2-3-5-10(9)11-8/h1-10H,(H,18,20);2-7H,1H3. The van der Waals surface area contributed by atoms with Gasteiger partial charge in [-0.15, -0.1) is 0 Å². The smallest absolute Gasteiger partial charge is 0.199 e. The van der Waals surface area contributed by atoms with Crippen LogP contribution in [0.25, 0.3) is 38.4 Å². The highest BCUT2D eigenvalue weighted by atomic mass is 16.1. The summed E-state index contributed by atoms with van der Waals surface area (Å²) >= 11 is 0. The summed E-state index contributed by atoms with van der Waals surface area (Å²) in [4.78, 5) is 20.4. The first kappa shape index (κ1) is 18.8. The molecule has 3 heterocycles. The minimum atomic E-state index is 0.0282. The van der Waals surface area contributed by atoms with Crippen LogP contribution >= 0.6 is 0 Å². The van der Waals surface area contributed by atoms with E-state index in [1.54, 1.807) is 10.9 Å². The van der Waals surface area contributed by atoms with E-state index in [9.17, 15) is 4.79 Å². The number of para-hydroxylation sites is 2. The molecule has 3 aromatic carbocycles. The Labute approximate surface area is 178 Å². The molecule has 0 aliphatic heterocycles. The van der Waals surface area contributed by atoms with Gasteiger partial charge < -0.3 is 4.98 Å². The molecule has 0 saturated heterocycles. The molecular formula is C26H20N4O. The molecule has 6 rings (SSSR count). The molecule has 0 aliphatic rings. The Balaban J connectivity index is 0.000000157. The summed E-state index contributed by atoms with van der Waals surface area (Å²) in [6, 6.07) is 27.4. The Bertz CT molecular complexity index is 1570.